The van der Waals surface area contributed by atoms with E-state index in [1.54, 1.807) is 24.3 Å². The maximum absolute atomic E-state index is 12.9. The van der Waals surface area contributed by atoms with Crippen LogP contribution in [0.5, 0.6) is 5.75 Å². The Labute approximate surface area is 164 Å². The fourth-order valence-corrected chi connectivity index (χ4v) is 3.43. The molecule has 2 aliphatic heterocycles. The highest BCUT2D eigenvalue weighted by atomic mass is 16.5. The van der Waals surface area contributed by atoms with Gasteiger partial charge in [-0.2, -0.15) is 0 Å². The van der Waals surface area contributed by atoms with Crippen LogP contribution in [0, 0.1) is 5.92 Å². The highest BCUT2D eigenvalue weighted by molar-refractivity contribution is 6.32. The molecule has 1 N–H and O–H groups in total. The Hall–Kier alpha value is -2.74. The number of benzene rings is 1. The third-order valence-electron chi connectivity index (χ3n) is 4.86. The Morgan fingerprint density at radius 1 is 1.18 bits per heavy atom. The summed E-state index contributed by atoms with van der Waals surface area (Å²) in [6, 6.07) is 5.97. The quantitative estimate of drug-likeness (QED) is 0.570. The third-order valence-corrected chi connectivity index (χ3v) is 4.86. The van der Waals surface area contributed by atoms with Crippen molar-refractivity contribution < 1.29 is 19.1 Å². The molecule has 0 saturated carbocycles. The second-order valence-electron chi connectivity index (χ2n) is 6.80. The van der Waals surface area contributed by atoms with Gasteiger partial charge in [0.25, 0.3) is 5.91 Å². The first-order chi connectivity index (χ1) is 13.6. The number of carbonyl (C=O) groups excluding carboxylic acids is 3. The number of nitrogens with zero attached hydrogens (tertiary/aromatic N) is 3. The molecule has 8 heteroatoms. The molecule has 0 aromatic heterocycles. The van der Waals surface area contributed by atoms with Gasteiger partial charge in [-0.3, -0.25) is 19.9 Å². The number of barbiturate groups is 1. The summed E-state index contributed by atoms with van der Waals surface area (Å²) in [6.07, 6.45) is 5.01. The van der Waals surface area contributed by atoms with E-state index in [0.717, 1.165) is 24.5 Å². The molecule has 0 aliphatic carbocycles. The summed E-state index contributed by atoms with van der Waals surface area (Å²) in [5, 5.41) is 2.24. The van der Waals surface area contributed by atoms with E-state index in [1.807, 2.05) is 6.92 Å². The number of imide groups is 2. The van der Waals surface area contributed by atoms with Gasteiger partial charge < -0.3 is 9.64 Å². The predicted octanol–water partition coefficient (Wildman–Crippen LogP) is 1.84. The average Bonchev–Trinajstić information content (AvgIpc) is 2.69. The zero-order chi connectivity index (χ0) is 19.9. The van der Waals surface area contributed by atoms with E-state index >= 15 is 0 Å². The Morgan fingerprint density at radius 3 is 2.68 bits per heavy atom. The number of ether oxygens (including phenoxy) is 1. The largest absolute Gasteiger partial charge is 0.492 e. The first-order valence-electron chi connectivity index (χ1n) is 9.74. The Bertz CT molecular complexity index is 758. The highest BCUT2D eigenvalue weighted by Crippen LogP contribution is 2.30. The van der Waals surface area contributed by atoms with Crippen molar-refractivity contribution in [2.24, 2.45) is 10.9 Å². The van der Waals surface area contributed by atoms with Crippen LogP contribution in [0.4, 0.5) is 10.5 Å². The van der Waals surface area contributed by atoms with Crippen molar-refractivity contribution in [2.45, 2.75) is 26.2 Å². The van der Waals surface area contributed by atoms with Crippen molar-refractivity contribution >= 4 is 29.7 Å². The molecule has 2 saturated heterocycles. The molecule has 2 fully saturated rings. The Balaban J connectivity index is 1.70. The summed E-state index contributed by atoms with van der Waals surface area (Å²) in [5.41, 5.74) is 0.311. The minimum atomic E-state index is -1.13. The lowest BCUT2D eigenvalue weighted by molar-refractivity contribution is -0.131. The molecule has 1 aromatic rings. The van der Waals surface area contributed by atoms with Crippen LogP contribution in [0.2, 0.25) is 0 Å². The zero-order valence-electron chi connectivity index (χ0n) is 16.1. The molecule has 3 rings (SSSR count). The van der Waals surface area contributed by atoms with Crippen molar-refractivity contribution in [1.82, 2.24) is 10.2 Å². The molecule has 1 atom stereocenters. The van der Waals surface area contributed by atoms with E-state index in [0.29, 0.717) is 24.6 Å². The van der Waals surface area contributed by atoms with E-state index in [2.05, 4.69) is 15.2 Å². The fraction of sp³-hybridized carbons (Fsp3) is 0.500. The molecule has 0 spiro atoms. The topological polar surface area (TPSA) is 91.3 Å². The summed E-state index contributed by atoms with van der Waals surface area (Å²) in [7, 11) is 0. The van der Waals surface area contributed by atoms with Crippen LogP contribution in [-0.4, -0.2) is 61.7 Å². The number of nitrogens with one attached hydrogen (secondary N) is 1. The van der Waals surface area contributed by atoms with Gasteiger partial charge in [0.1, 0.15) is 5.75 Å². The van der Waals surface area contributed by atoms with Crippen LogP contribution in [0.15, 0.2) is 29.3 Å². The minimum absolute atomic E-state index is 0.311. The van der Waals surface area contributed by atoms with Crippen LogP contribution in [0.1, 0.15) is 26.2 Å². The lowest BCUT2D eigenvalue weighted by Crippen LogP contribution is -2.58. The van der Waals surface area contributed by atoms with Crippen LogP contribution in [-0.2, 0) is 9.59 Å². The average molecular weight is 386 g/mol. The molecular weight excluding hydrogens is 360 g/mol. The number of rotatable bonds is 7. The van der Waals surface area contributed by atoms with Crippen LogP contribution in [0.3, 0.4) is 0 Å². The molecule has 150 valence electrons. The van der Waals surface area contributed by atoms with Gasteiger partial charge in [-0.05, 0) is 45.0 Å². The maximum atomic E-state index is 12.9. The summed E-state index contributed by atoms with van der Waals surface area (Å²) in [5.74, 6) is -2.00. The van der Waals surface area contributed by atoms with E-state index in [9.17, 15) is 14.4 Å². The molecule has 0 unspecified atom stereocenters. The number of hydrogen-bond acceptors (Lipinski definition) is 6. The molecular formula is C20H26N4O4. The Morgan fingerprint density at radius 2 is 1.93 bits per heavy atom. The first kappa shape index (κ1) is 20.0. The number of para-hydroxylation sites is 2. The zero-order valence-corrected chi connectivity index (χ0v) is 16.1. The van der Waals surface area contributed by atoms with Crippen LogP contribution in [0.25, 0.3) is 0 Å². The SMILES string of the molecule is CCOc1ccccc1N1C(=O)NC(=O)[C@@H](C=NCCN2CCCCC2)C1=O. The van der Waals surface area contributed by atoms with Crippen molar-refractivity contribution in [1.29, 1.82) is 0 Å². The molecule has 8 nitrogen and oxygen atoms in total. The normalized spacial score (nSPS) is 21.2. The molecule has 4 amide bonds. The fourth-order valence-electron chi connectivity index (χ4n) is 3.43. The van der Waals surface area contributed by atoms with E-state index < -0.39 is 23.8 Å². The van der Waals surface area contributed by atoms with Crippen molar-refractivity contribution in [2.75, 3.05) is 37.7 Å². The number of hydrogen-bond donors (Lipinski definition) is 1. The second-order valence-corrected chi connectivity index (χ2v) is 6.80. The third kappa shape index (κ3) is 4.56. The van der Waals surface area contributed by atoms with Gasteiger partial charge in [0.05, 0.1) is 18.8 Å². The van der Waals surface area contributed by atoms with Gasteiger partial charge in [-0.15, -0.1) is 0 Å². The maximum Gasteiger partial charge on any atom is 0.335 e. The molecule has 0 radical (unpaired) electrons. The standard InChI is InChI=1S/C20H26N4O4/c1-2-28-17-9-5-4-8-16(17)24-19(26)15(18(25)22-20(24)27)14-21-10-13-23-11-6-3-7-12-23/h4-5,8-9,14-15H,2-3,6-7,10-13H2,1H3,(H,22,25,27)/t15-/m1/s1. The molecule has 2 aliphatic rings. The Kier molecular flexibility index (Phi) is 6.76. The molecule has 0 bridgehead atoms. The van der Waals surface area contributed by atoms with Crippen LogP contribution < -0.4 is 15.0 Å². The van der Waals surface area contributed by atoms with Crippen molar-refractivity contribution in [3.8, 4) is 5.75 Å². The number of piperidine rings is 1. The summed E-state index contributed by atoms with van der Waals surface area (Å²) in [6.45, 7) is 5.65. The summed E-state index contributed by atoms with van der Waals surface area (Å²) in [4.78, 5) is 45.0. The predicted molar refractivity (Wildman–Crippen MR) is 106 cm³/mol. The van der Waals surface area contributed by atoms with Crippen molar-refractivity contribution in [3.05, 3.63) is 24.3 Å². The summed E-state index contributed by atoms with van der Waals surface area (Å²) >= 11 is 0. The van der Waals surface area contributed by atoms with Gasteiger partial charge in [-0.1, -0.05) is 18.6 Å². The molecule has 2 heterocycles. The van der Waals surface area contributed by atoms with Gasteiger partial charge in [0.2, 0.25) is 5.91 Å². The number of likely N-dealkylation sites (tertiary alicyclic amines) is 1. The van der Waals surface area contributed by atoms with Gasteiger partial charge in [0.15, 0.2) is 5.92 Å². The highest BCUT2D eigenvalue weighted by Gasteiger charge is 2.41. The number of anilines is 1. The molecule has 1 aromatic carbocycles. The van der Waals surface area contributed by atoms with Crippen LogP contribution >= 0.6 is 0 Å². The smallest absolute Gasteiger partial charge is 0.335 e. The number of aliphatic imine (C=N–C) groups is 1. The van der Waals surface area contributed by atoms with Gasteiger partial charge >= 0.3 is 6.03 Å². The molecule has 28 heavy (non-hydrogen) atoms. The van der Waals surface area contributed by atoms with E-state index in [-0.39, 0.29) is 0 Å². The monoisotopic (exact) mass is 386 g/mol. The minimum Gasteiger partial charge on any atom is -0.492 e. The number of carbonyl (C=O) groups is 3. The number of amides is 4. The first-order valence-corrected chi connectivity index (χ1v) is 9.74. The lowest BCUT2D eigenvalue weighted by Gasteiger charge is -2.29. The van der Waals surface area contributed by atoms with E-state index in [4.69, 9.17) is 4.74 Å². The van der Waals surface area contributed by atoms with Gasteiger partial charge in [0, 0.05) is 12.8 Å². The van der Waals surface area contributed by atoms with E-state index in [1.165, 1.54) is 25.5 Å². The summed E-state index contributed by atoms with van der Waals surface area (Å²) < 4.78 is 5.52. The second kappa shape index (κ2) is 9.45. The number of urea groups is 1. The van der Waals surface area contributed by atoms with Crippen molar-refractivity contribution in [3.63, 3.8) is 0 Å². The lowest BCUT2D eigenvalue weighted by atomic mass is 10.1. The van der Waals surface area contributed by atoms with Gasteiger partial charge in [-0.25, -0.2) is 9.69 Å².